The lowest BCUT2D eigenvalue weighted by Gasteiger charge is -2.40. The van der Waals surface area contributed by atoms with Crippen LogP contribution in [0.25, 0.3) is 0 Å². The van der Waals surface area contributed by atoms with Gasteiger partial charge in [0.05, 0.1) is 5.02 Å². The topological polar surface area (TPSA) is 49.4 Å². The number of benzene rings is 2. The Morgan fingerprint density at radius 2 is 1.73 bits per heavy atom. The third-order valence-electron chi connectivity index (χ3n) is 5.91. The van der Waals surface area contributed by atoms with E-state index in [1.165, 1.54) is 5.56 Å². The first-order valence-electron chi connectivity index (χ1n) is 9.78. The van der Waals surface area contributed by atoms with E-state index in [1.54, 1.807) is 0 Å². The number of nitrogens with one attached hydrogen (secondary N) is 1. The highest BCUT2D eigenvalue weighted by molar-refractivity contribution is 7.92. The van der Waals surface area contributed by atoms with Crippen molar-refractivity contribution in [3.8, 4) is 0 Å². The number of hydrogen-bond acceptors (Lipinski definition) is 4. The Hall–Kier alpha value is -1.25. The standard InChI is InChI=1S/C21H23ClF2N2O2S.ClH/c22-17-11-20(19(24)12-18(17)23)29(27,28)21(15-5-8-25-9-6-15)26-10-7-14-3-1-2-4-16(14)13-26;/h1-4,11-12,15,21,25H,5-10,13H2;1H. The third kappa shape index (κ3) is 4.50. The van der Waals surface area contributed by atoms with E-state index in [9.17, 15) is 17.2 Å². The highest BCUT2D eigenvalue weighted by Crippen LogP contribution is 2.35. The minimum Gasteiger partial charge on any atom is -0.317 e. The van der Waals surface area contributed by atoms with Gasteiger partial charge >= 0.3 is 0 Å². The number of piperidine rings is 1. The Kier molecular flexibility index (Phi) is 7.40. The fourth-order valence-corrected chi connectivity index (χ4v) is 6.92. The molecule has 0 amide bonds. The second kappa shape index (κ2) is 9.49. The highest BCUT2D eigenvalue weighted by Gasteiger charge is 2.42. The quantitative estimate of drug-likeness (QED) is 0.530. The molecule has 0 aromatic heterocycles. The fraction of sp³-hybridized carbons (Fsp3) is 0.429. The van der Waals surface area contributed by atoms with Crippen molar-refractivity contribution in [2.24, 2.45) is 5.92 Å². The molecule has 2 aromatic carbocycles. The molecule has 0 saturated carbocycles. The lowest BCUT2D eigenvalue weighted by atomic mass is 9.94. The van der Waals surface area contributed by atoms with Crippen molar-refractivity contribution in [3.63, 3.8) is 0 Å². The molecule has 0 spiro atoms. The Morgan fingerprint density at radius 3 is 2.43 bits per heavy atom. The van der Waals surface area contributed by atoms with Gasteiger partial charge in [-0.05, 0) is 55.5 Å². The molecule has 0 aliphatic carbocycles. The second-order valence-corrected chi connectivity index (χ2v) is 10.1. The highest BCUT2D eigenvalue weighted by atomic mass is 35.5. The minimum absolute atomic E-state index is 0. The Balaban J connectivity index is 0.00000256. The maximum Gasteiger partial charge on any atom is 0.197 e. The van der Waals surface area contributed by atoms with Crippen LogP contribution in [0.3, 0.4) is 0 Å². The molecule has 2 aromatic rings. The van der Waals surface area contributed by atoms with Gasteiger partial charge in [-0.25, -0.2) is 17.2 Å². The van der Waals surface area contributed by atoms with Crippen LogP contribution in [0.4, 0.5) is 8.78 Å². The summed E-state index contributed by atoms with van der Waals surface area (Å²) in [6, 6.07) is 9.44. The van der Waals surface area contributed by atoms with Gasteiger partial charge in [0.25, 0.3) is 0 Å². The van der Waals surface area contributed by atoms with E-state index < -0.39 is 36.8 Å². The molecule has 2 heterocycles. The Morgan fingerprint density at radius 1 is 1.07 bits per heavy atom. The van der Waals surface area contributed by atoms with Crippen LogP contribution in [0.15, 0.2) is 41.3 Å². The summed E-state index contributed by atoms with van der Waals surface area (Å²) >= 11 is 5.81. The average Bonchev–Trinajstić information content (AvgIpc) is 2.71. The molecule has 1 atom stereocenters. The molecular formula is C21H24Cl2F2N2O2S. The van der Waals surface area contributed by atoms with Gasteiger partial charge in [0, 0.05) is 19.2 Å². The molecule has 1 N–H and O–H groups in total. The van der Waals surface area contributed by atoms with E-state index in [-0.39, 0.29) is 18.3 Å². The van der Waals surface area contributed by atoms with Gasteiger partial charge in [-0.2, -0.15) is 0 Å². The molecule has 0 bridgehead atoms. The summed E-state index contributed by atoms with van der Waals surface area (Å²) in [5.41, 5.74) is 2.30. The van der Waals surface area contributed by atoms with E-state index >= 15 is 0 Å². The van der Waals surface area contributed by atoms with Gasteiger partial charge in [0.15, 0.2) is 9.84 Å². The van der Waals surface area contributed by atoms with E-state index in [0.29, 0.717) is 45.1 Å². The van der Waals surface area contributed by atoms with E-state index in [4.69, 9.17) is 11.6 Å². The van der Waals surface area contributed by atoms with Crippen LogP contribution >= 0.6 is 24.0 Å². The van der Waals surface area contributed by atoms with E-state index in [1.807, 2.05) is 23.1 Å². The van der Waals surface area contributed by atoms with Gasteiger partial charge in [-0.3, -0.25) is 4.90 Å². The van der Waals surface area contributed by atoms with Crippen molar-refractivity contribution >= 4 is 33.8 Å². The first-order valence-corrected chi connectivity index (χ1v) is 11.7. The number of nitrogens with zero attached hydrogens (tertiary/aromatic N) is 1. The average molecular weight is 477 g/mol. The monoisotopic (exact) mass is 476 g/mol. The maximum atomic E-state index is 14.6. The zero-order valence-electron chi connectivity index (χ0n) is 16.3. The maximum absolute atomic E-state index is 14.6. The summed E-state index contributed by atoms with van der Waals surface area (Å²) in [6.45, 7) is 2.49. The van der Waals surface area contributed by atoms with Crippen molar-refractivity contribution in [3.05, 3.63) is 64.2 Å². The normalized spacial score (nSPS) is 19.0. The number of halogens is 4. The van der Waals surface area contributed by atoms with E-state index in [0.717, 1.165) is 18.1 Å². The molecule has 30 heavy (non-hydrogen) atoms. The minimum atomic E-state index is -4.10. The molecule has 9 heteroatoms. The number of fused-ring (bicyclic) bond motifs is 1. The first-order chi connectivity index (χ1) is 13.9. The van der Waals surface area contributed by atoms with Crippen molar-refractivity contribution < 1.29 is 17.2 Å². The largest absolute Gasteiger partial charge is 0.317 e. The molecule has 2 aliphatic rings. The van der Waals surface area contributed by atoms with Gasteiger partial charge < -0.3 is 5.32 Å². The van der Waals surface area contributed by atoms with Gasteiger partial charge in [0.2, 0.25) is 0 Å². The van der Waals surface area contributed by atoms with Crippen LogP contribution in [0.5, 0.6) is 0 Å². The lowest BCUT2D eigenvalue weighted by Crippen LogP contribution is -2.50. The smallest absolute Gasteiger partial charge is 0.197 e. The Bertz CT molecular complexity index is 1010. The molecule has 2 aliphatic heterocycles. The lowest BCUT2D eigenvalue weighted by molar-refractivity contribution is 0.159. The van der Waals surface area contributed by atoms with Crippen LogP contribution in [-0.2, 0) is 22.8 Å². The molecule has 164 valence electrons. The van der Waals surface area contributed by atoms with Crippen LogP contribution in [0, 0.1) is 17.6 Å². The summed E-state index contributed by atoms with van der Waals surface area (Å²) < 4.78 is 55.5. The van der Waals surface area contributed by atoms with Crippen LogP contribution in [-0.4, -0.2) is 38.3 Å². The van der Waals surface area contributed by atoms with Gasteiger partial charge in [-0.15, -0.1) is 12.4 Å². The van der Waals surface area contributed by atoms with Gasteiger partial charge in [0.1, 0.15) is 21.9 Å². The zero-order valence-corrected chi connectivity index (χ0v) is 18.7. The molecule has 0 radical (unpaired) electrons. The van der Waals surface area contributed by atoms with Gasteiger partial charge in [-0.1, -0.05) is 35.9 Å². The van der Waals surface area contributed by atoms with Crippen LogP contribution in [0.2, 0.25) is 5.02 Å². The third-order valence-corrected chi connectivity index (χ3v) is 8.44. The number of hydrogen-bond donors (Lipinski definition) is 1. The molecule has 1 unspecified atom stereocenters. The fourth-order valence-electron chi connectivity index (χ4n) is 4.46. The van der Waals surface area contributed by atoms with Crippen molar-refractivity contribution in [1.82, 2.24) is 10.2 Å². The predicted molar refractivity (Wildman–Crippen MR) is 116 cm³/mol. The molecule has 1 saturated heterocycles. The summed E-state index contributed by atoms with van der Waals surface area (Å²) in [5.74, 6) is -2.20. The number of sulfone groups is 1. The van der Waals surface area contributed by atoms with Crippen molar-refractivity contribution in [2.45, 2.75) is 36.1 Å². The predicted octanol–water partition coefficient (Wildman–Crippen LogP) is 4.20. The second-order valence-electron chi connectivity index (χ2n) is 7.71. The summed E-state index contributed by atoms with van der Waals surface area (Å²) in [4.78, 5) is 1.41. The first kappa shape index (κ1) is 23.4. The zero-order chi connectivity index (χ0) is 20.6. The van der Waals surface area contributed by atoms with Crippen LogP contribution in [0.1, 0.15) is 24.0 Å². The van der Waals surface area contributed by atoms with E-state index in [2.05, 4.69) is 11.4 Å². The summed E-state index contributed by atoms with van der Waals surface area (Å²) in [5, 5.41) is 1.98. The van der Waals surface area contributed by atoms with Crippen molar-refractivity contribution in [1.29, 1.82) is 0 Å². The molecule has 1 fully saturated rings. The summed E-state index contributed by atoms with van der Waals surface area (Å²) in [7, 11) is -4.10. The van der Waals surface area contributed by atoms with Crippen LogP contribution < -0.4 is 5.32 Å². The summed E-state index contributed by atoms with van der Waals surface area (Å²) in [6.07, 6.45) is 2.09. The molecule has 4 nitrogen and oxygen atoms in total. The SMILES string of the molecule is Cl.O=S(=O)(c1cc(Cl)c(F)cc1F)C(C1CCNCC1)N1CCc2ccccc2C1. The molecule has 4 rings (SSSR count). The molecular weight excluding hydrogens is 453 g/mol. The van der Waals surface area contributed by atoms with Crippen molar-refractivity contribution in [2.75, 3.05) is 19.6 Å². The Labute approximate surface area is 186 Å². The number of rotatable bonds is 4.